The molecule has 1 aromatic carbocycles. The molecule has 0 spiro atoms. The van der Waals surface area contributed by atoms with Crippen molar-refractivity contribution >= 4 is 18.3 Å². The maximum Gasteiger partial charge on any atom is 0.276 e. The summed E-state index contributed by atoms with van der Waals surface area (Å²) in [5, 5.41) is 11.6. The van der Waals surface area contributed by atoms with E-state index in [2.05, 4.69) is 15.6 Å². The molecule has 1 atom stereocenters. The van der Waals surface area contributed by atoms with Gasteiger partial charge in [0.1, 0.15) is 0 Å². The Morgan fingerprint density at radius 2 is 1.96 bits per heavy atom. The molecule has 0 unspecified atom stereocenters. The largest absolute Gasteiger partial charge is 0.332 e. The molecular weight excluding hydrogens is 314 g/mol. The number of aromatic nitrogens is 3. The third-order valence-corrected chi connectivity index (χ3v) is 4.14. The molecule has 6 nitrogen and oxygen atoms in total. The van der Waals surface area contributed by atoms with Crippen molar-refractivity contribution in [2.24, 2.45) is 0 Å². The van der Waals surface area contributed by atoms with Crippen molar-refractivity contribution in [3.63, 3.8) is 0 Å². The van der Waals surface area contributed by atoms with Crippen LogP contribution >= 0.6 is 12.4 Å². The van der Waals surface area contributed by atoms with Gasteiger partial charge >= 0.3 is 0 Å². The molecule has 124 valence electrons. The predicted molar refractivity (Wildman–Crippen MR) is 91.4 cm³/mol. The van der Waals surface area contributed by atoms with Gasteiger partial charge in [-0.1, -0.05) is 22.9 Å². The number of piperazine rings is 1. The SMILES string of the molecule is Cc1ccc(-n2nnc(C(=O)N3CCNC[C@H]3C)c2C)cc1.Cl. The fraction of sp³-hybridized carbons (Fsp3) is 0.438. The summed E-state index contributed by atoms with van der Waals surface area (Å²) in [6.07, 6.45) is 0. The van der Waals surface area contributed by atoms with Crippen molar-refractivity contribution in [2.45, 2.75) is 26.8 Å². The second-order valence-electron chi connectivity index (χ2n) is 5.82. The Morgan fingerprint density at radius 3 is 2.61 bits per heavy atom. The van der Waals surface area contributed by atoms with Crippen molar-refractivity contribution < 1.29 is 4.79 Å². The van der Waals surface area contributed by atoms with E-state index in [1.165, 1.54) is 5.56 Å². The summed E-state index contributed by atoms with van der Waals surface area (Å²) in [6.45, 7) is 8.32. The molecule has 2 heterocycles. The normalized spacial score (nSPS) is 17.7. The number of amides is 1. The monoisotopic (exact) mass is 335 g/mol. The maximum absolute atomic E-state index is 12.7. The lowest BCUT2D eigenvalue weighted by Gasteiger charge is -2.33. The van der Waals surface area contributed by atoms with Crippen LogP contribution in [-0.2, 0) is 0 Å². The zero-order valence-corrected chi connectivity index (χ0v) is 14.4. The maximum atomic E-state index is 12.7. The van der Waals surface area contributed by atoms with Gasteiger partial charge in [-0.05, 0) is 32.9 Å². The molecule has 1 N–H and O–H groups in total. The molecule has 0 aliphatic carbocycles. The van der Waals surface area contributed by atoms with Crippen LogP contribution in [0.4, 0.5) is 0 Å². The van der Waals surface area contributed by atoms with Crippen LogP contribution < -0.4 is 5.32 Å². The van der Waals surface area contributed by atoms with Gasteiger partial charge in [0.2, 0.25) is 0 Å². The molecular formula is C16H22ClN5O. The number of rotatable bonds is 2. The molecule has 3 rings (SSSR count). The summed E-state index contributed by atoms with van der Waals surface area (Å²) < 4.78 is 1.72. The predicted octanol–water partition coefficient (Wildman–Crippen LogP) is 1.74. The van der Waals surface area contributed by atoms with Crippen molar-refractivity contribution in [1.82, 2.24) is 25.2 Å². The van der Waals surface area contributed by atoms with Crippen molar-refractivity contribution in [3.05, 3.63) is 41.2 Å². The van der Waals surface area contributed by atoms with E-state index in [1.807, 2.05) is 49.9 Å². The van der Waals surface area contributed by atoms with E-state index in [4.69, 9.17) is 0 Å². The third-order valence-electron chi connectivity index (χ3n) is 4.14. The molecule has 0 saturated carbocycles. The standard InChI is InChI=1S/C16H21N5O.ClH/c1-11-4-6-14(7-5-11)21-13(3)15(18-19-21)16(22)20-9-8-17-10-12(20)2;/h4-7,12,17H,8-10H2,1-3H3;1H/t12-;/m1./s1. The van der Waals surface area contributed by atoms with Crippen LogP contribution in [0.5, 0.6) is 0 Å². The third kappa shape index (κ3) is 3.38. The van der Waals surface area contributed by atoms with Crippen molar-refractivity contribution in [3.8, 4) is 5.69 Å². The van der Waals surface area contributed by atoms with Crippen molar-refractivity contribution in [2.75, 3.05) is 19.6 Å². The summed E-state index contributed by atoms with van der Waals surface area (Å²) in [5.41, 5.74) is 3.32. The lowest BCUT2D eigenvalue weighted by atomic mass is 10.2. The first-order chi connectivity index (χ1) is 10.6. The molecule has 23 heavy (non-hydrogen) atoms. The van der Waals surface area contributed by atoms with Gasteiger partial charge in [-0.15, -0.1) is 17.5 Å². The zero-order chi connectivity index (χ0) is 15.7. The molecule has 2 aromatic rings. The Hall–Kier alpha value is -1.92. The van der Waals surface area contributed by atoms with Crippen molar-refractivity contribution in [1.29, 1.82) is 0 Å². The average Bonchev–Trinajstić information content (AvgIpc) is 2.90. The Labute approximate surface area is 142 Å². The summed E-state index contributed by atoms with van der Waals surface area (Å²) in [7, 11) is 0. The number of hydrogen-bond acceptors (Lipinski definition) is 4. The van der Waals surface area contributed by atoms with E-state index in [9.17, 15) is 4.79 Å². The fourth-order valence-electron chi connectivity index (χ4n) is 2.74. The van der Waals surface area contributed by atoms with Crippen LogP contribution in [0, 0.1) is 13.8 Å². The Bertz CT molecular complexity index is 682. The molecule has 0 radical (unpaired) electrons. The summed E-state index contributed by atoms with van der Waals surface area (Å²) in [6, 6.07) is 8.19. The lowest BCUT2D eigenvalue weighted by Crippen LogP contribution is -2.52. The number of carbonyl (C=O) groups is 1. The topological polar surface area (TPSA) is 63.1 Å². The minimum atomic E-state index is -0.0372. The zero-order valence-electron chi connectivity index (χ0n) is 13.6. The van der Waals surface area contributed by atoms with E-state index >= 15 is 0 Å². The average molecular weight is 336 g/mol. The second-order valence-corrected chi connectivity index (χ2v) is 5.82. The van der Waals surface area contributed by atoms with Crippen LogP contribution in [0.3, 0.4) is 0 Å². The highest BCUT2D eigenvalue weighted by Gasteiger charge is 2.28. The number of aryl methyl sites for hydroxylation is 1. The molecule has 1 saturated heterocycles. The molecule has 1 aliphatic heterocycles. The van der Waals surface area contributed by atoms with Gasteiger partial charge in [0.05, 0.1) is 11.4 Å². The number of nitrogens with zero attached hydrogens (tertiary/aromatic N) is 4. The van der Waals surface area contributed by atoms with E-state index in [-0.39, 0.29) is 24.4 Å². The molecule has 0 bridgehead atoms. The summed E-state index contributed by atoms with van der Waals surface area (Å²) in [4.78, 5) is 14.6. The second kappa shape index (κ2) is 7.10. The van der Waals surface area contributed by atoms with Gasteiger partial charge in [0.15, 0.2) is 5.69 Å². The minimum absolute atomic E-state index is 0. The smallest absolute Gasteiger partial charge is 0.276 e. The van der Waals surface area contributed by atoms with Crippen LogP contribution in [0.25, 0.3) is 5.69 Å². The first-order valence-corrected chi connectivity index (χ1v) is 7.59. The van der Waals surface area contributed by atoms with Gasteiger partial charge in [-0.2, -0.15) is 0 Å². The highest BCUT2D eigenvalue weighted by atomic mass is 35.5. The van der Waals surface area contributed by atoms with Crippen LogP contribution in [0.2, 0.25) is 0 Å². The number of nitrogens with one attached hydrogen (secondary N) is 1. The molecule has 1 amide bonds. The number of benzene rings is 1. The number of hydrogen-bond donors (Lipinski definition) is 1. The molecule has 1 aliphatic rings. The first-order valence-electron chi connectivity index (χ1n) is 7.59. The number of halogens is 1. The highest BCUT2D eigenvalue weighted by molar-refractivity contribution is 5.93. The van der Waals surface area contributed by atoms with Crippen LogP contribution in [-0.4, -0.2) is 51.5 Å². The Morgan fingerprint density at radius 1 is 1.26 bits per heavy atom. The summed E-state index contributed by atoms with van der Waals surface area (Å²) in [5.74, 6) is -0.0372. The van der Waals surface area contributed by atoms with Gasteiger partial charge in [0.25, 0.3) is 5.91 Å². The Balaban J connectivity index is 0.00000192. The van der Waals surface area contributed by atoms with Gasteiger partial charge < -0.3 is 10.2 Å². The molecule has 7 heteroatoms. The summed E-state index contributed by atoms with van der Waals surface area (Å²) >= 11 is 0. The quantitative estimate of drug-likeness (QED) is 0.908. The molecule has 1 aromatic heterocycles. The van der Waals surface area contributed by atoms with Gasteiger partial charge in [-0.3, -0.25) is 4.79 Å². The van der Waals surface area contributed by atoms with Gasteiger partial charge in [0, 0.05) is 25.7 Å². The first kappa shape index (κ1) is 17.4. The van der Waals surface area contributed by atoms with Crippen LogP contribution in [0.1, 0.15) is 28.7 Å². The minimum Gasteiger partial charge on any atom is -0.332 e. The van der Waals surface area contributed by atoms with E-state index < -0.39 is 0 Å². The molecule has 1 fully saturated rings. The Kier molecular flexibility index (Phi) is 5.38. The van der Waals surface area contributed by atoms with Crippen LogP contribution in [0.15, 0.2) is 24.3 Å². The number of carbonyl (C=O) groups excluding carboxylic acids is 1. The van der Waals surface area contributed by atoms with Gasteiger partial charge in [-0.25, -0.2) is 4.68 Å². The van der Waals surface area contributed by atoms with E-state index in [0.29, 0.717) is 12.2 Å². The van der Waals surface area contributed by atoms with E-state index in [0.717, 1.165) is 24.5 Å². The lowest BCUT2D eigenvalue weighted by molar-refractivity contribution is 0.0649. The fourth-order valence-corrected chi connectivity index (χ4v) is 2.74. The highest BCUT2D eigenvalue weighted by Crippen LogP contribution is 2.16. The van der Waals surface area contributed by atoms with E-state index in [1.54, 1.807) is 4.68 Å².